The molecular weight excluding hydrogens is 342 g/mol. The number of methoxy groups -OCH3 is 1. The van der Waals surface area contributed by atoms with Crippen LogP contribution in [0.15, 0.2) is 53.6 Å². The van der Waals surface area contributed by atoms with Gasteiger partial charge in [-0.25, -0.2) is 5.43 Å². The number of carbonyl (C=O) groups excluding carboxylic acids is 2. The molecule has 0 unspecified atom stereocenters. The third kappa shape index (κ3) is 6.64. The first-order valence-electron chi connectivity index (χ1n) is 7.54. The van der Waals surface area contributed by atoms with Gasteiger partial charge in [0.05, 0.1) is 26.3 Å². The normalized spacial score (nSPS) is 10.5. The number of hydrogen-bond acceptors (Lipinski definition) is 4. The largest absolute Gasteiger partial charge is 0.497 e. The van der Waals surface area contributed by atoms with Crippen LogP contribution in [0, 0.1) is 0 Å². The minimum atomic E-state index is -0.409. The van der Waals surface area contributed by atoms with Gasteiger partial charge in [0.1, 0.15) is 5.75 Å². The highest BCUT2D eigenvalue weighted by Gasteiger charge is 2.06. The van der Waals surface area contributed by atoms with Gasteiger partial charge in [-0.05, 0) is 35.4 Å². The molecule has 0 heterocycles. The molecule has 2 aromatic carbocycles. The van der Waals surface area contributed by atoms with Gasteiger partial charge in [0.25, 0.3) is 5.91 Å². The third-order valence-electron chi connectivity index (χ3n) is 3.24. The number of nitrogens with one attached hydrogen (secondary N) is 2. The molecule has 0 bridgehead atoms. The van der Waals surface area contributed by atoms with Crippen molar-refractivity contribution in [2.75, 3.05) is 13.7 Å². The van der Waals surface area contributed by atoms with E-state index in [-0.39, 0.29) is 18.9 Å². The summed E-state index contributed by atoms with van der Waals surface area (Å²) >= 11 is 5.78. The van der Waals surface area contributed by atoms with Gasteiger partial charge >= 0.3 is 0 Å². The van der Waals surface area contributed by atoms with Crippen LogP contribution in [0.25, 0.3) is 0 Å². The Hall–Kier alpha value is -2.86. The topological polar surface area (TPSA) is 79.8 Å². The van der Waals surface area contributed by atoms with Crippen LogP contribution < -0.4 is 15.5 Å². The summed E-state index contributed by atoms with van der Waals surface area (Å²) in [7, 11) is 1.58. The number of benzene rings is 2. The number of halogens is 1. The Kier molecular flexibility index (Phi) is 6.98. The quantitative estimate of drug-likeness (QED) is 0.587. The van der Waals surface area contributed by atoms with E-state index in [1.807, 2.05) is 0 Å². The van der Waals surface area contributed by atoms with Crippen molar-refractivity contribution in [2.24, 2.45) is 5.10 Å². The highest BCUT2D eigenvalue weighted by atomic mass is 35.5. The second-order valence-corrected chi connectivity index (χ2v) is 5.58. The van der Waals surface area contributed by atoms with E-state index in [2.05, 4.69) is 15.8 Å². The minimum absolute atomic E-state index is 0.146. The van der Waals surface area contributed by atoms with Gasteiger partial charge in [0, 0.05) is 5.02 Å². The Morgan fingerprint density at radius 1 is 1.08 bits per heavy atom. The maximum atomic E-state index is 11.8. The predicted octanol–water partition coefficient (Wildman–Crippen LogP) is 2.16. The lowest BCUT2D eigenvalue weighted by Crippen LogP contribution is -2.35. The zero-order chi connectivity index (χ0) is 18.1. The predicted molar refractivity (Wildman–Crippen MR) is 96.9 cm³/mol. The Labute approximate surface area is 150 Å². The molecule has 0 saturated heterocycles. The van der Waals surface area contributed by atoms with Crippen molar-refractivity contribution in [3.05, 3.63) is 64.7 Å². The molecule has 2 N–H and O–H groups in total. The number of hydrogen-bond donors (Lipinski definition) is 2. The van der Waals surface area contributed by atoms with E-state index in [9.17, 15) is 9.59 Å². The van der Waals surface area contributed by atoms with Gasteiger partial charge in [0.2, 0.25) is 5.91 Å². The molecule has 0 aliphatic carbocycles. The molecular formula is C18H18ClN3O3. The van der Waals surface area contributed by atoms with E-state index >= 15 is 0 Å². The zero-order valence-electron chi connectivity index (χ0n) is 13.7. The van der Waals surface area contributed by atoms with Crippen LogP contribution in [0.5, 0.6) is 5.75 Å². The fourth-order valence-corrected chi connectivity index (χ4v) is 2.06. The summed E-state index contributed by atoms with van der Waals surface area (Å²) in [5, 5.41) is 6.99. The number of hydrazone groups is 1. The second-order valence-electron chi connectivity index (χ2n) is 5.15. The highest BCUT2D eigenvalue weighted by molar-refractivity contribution is 6.30. The van der Waals surface area contributed by atoms with Crippen molar-refractivity contribution in [3.63, 3.8) is 0 Å². The first-order valence-corrected chi connectivity index (χ1v) is 7.91. The minimum Gasteiger partial charge on any atom is -0.497 e. The molecule has 130 valence electrons. The van der Waals surface area contributed by atoms with Gasteiger partial charge in [-0.3, -0.25) is 9.59 Å². The van der Waals surface area contributed by atoms with E-state index in [4.69, 9.17) is 16.3 Å². The number of carbonyl (C=O) groups is 2. The molecule has 7 heteroatoms. The fraction of sp³-hybridized carbons (Fsp3) is 0.167. The van der Waals surface area contributed by atoms with Gasteiger partial charge in [0.15, 0.2) is 0 Å². The molecule has 0 spiro atoms. The lowest BCUT2D eigenvalue weighted by Gasteiger charge is -2.05. The zero-order valence-corrected chi connectivity index (χ0v) is 14.4. The van der Waals surface area contributed by atoms with Crippen molar-refractivity contribution >= 4 is 29.6 Å². The molecule has 2 aromatic rings. The Bertz CT molecular complexity index is 743. The van der Waals surface area contributed by atoms with Crippen molar-refractivity contribution in [3.8, 4) is 5.75 Å². The summed E-state index contributed by atoms with van der Waals surface area (Å²) in [5.41, 5.74) is 3.98. The molecule has 0 fully saturated rings. The van der Waals surface area contributed by atoms with Gasteiger partial charge < -0.3 is 10.1 Å². The molecule has 0 aromatic heterocycles. The molecule has 6 nitrogen and oxygen atoms in total. The Morgan fingerprint density at radius 3 is 2.40 bits per heavy atom. The van der Waals surface area contributed by atoms with Crippen molar-refractivity contribution in [2.45, 2.75) is 6.42 Å². The molecule has 2 rings (SSSR count). The molecule has 0 saturated carbocycles. The smallest absolute Gasteiger partial charge is 0.259 e. The van der Waals surface area contributed by atoms with Gasteiger partial charge in [-0.1, -0.05) is 35.9 Å². The first-order chi connectivity index (χ1) is 12.1. The molecule has 2 amide bonds. The summed E-state index contributed by atoms with van der Waals surface area (Å²) < 4.78 is 5.05. The molecule has 0 aliphatic heterocycles. The summed E-state index contributed by atoms with van der Waals surface area (Å²) in [5.74, 6) is 0.0670. The van der Waals surface area contributed by atoms with E-state index in [0.717, 1.165) is 16.9 Å². The lowest BCUT2D eigenvalue weighted by atomic mass is 10.1. The average Bonchev–Trinajstić information content (AvgIpc) is 2.62. The Balaban J connectivity index is 1.71. The Morgan fingerprint density at radius 2 is 1.76 bits per heavy atom. The summed E-state index contributed by atoms with van der Waals surface area (Å²) in [4.78, 5) is 23.5. The number of amides is 2. The highest BCUT2D eigenvalue weighted by Crippen LogP contribution is 2.11. The van der Waals surface area contributed by atoms with Crippen LogP contribution in [-0.4, -0.2) is 31.7 Å². The summed E-state index contributed by atoms with van der Waals surface area (Å²) in [6.45, 7) is -0.146. The average molecular weight is 360 g/mol. The SMILES string of the molecule is COc1ccc(CC(=O)NCC(=O)N/N=C\c2ccc(Cl)cc2)cc1. The van der Waals surface area contributed by atoms with Gasteiger partial charge in [-0.15, -0.1) is 0 Å². The van der Waals surface area contributed by atoms with Crippen LogP contribution in [0.3, 0.4) is 0 Å². The molecule has 25 heavy (non-hydrogen) atoms. The van der Waals surface area contributed by atoms with E-state index < -0.39 is 5.91 Å². The van der Waals surface area contributed by atoms with Crippen LogP contribution in [-0.2, 0) is 16.0 Å². The van der Waals surface area contributed by atoms with Gasteiger partial charge in [-0.2, -0.15) is 5.10 Å². The van der Waals surface area contributed by atoms with Crippen molar-refractivity contribution in [1.82, 2.24) is 10.7 Å². The molecule has 0 aliphatic rings. The van der Waals surface area contributed by atoms with Crippen LogP contribution >= 0.6 is 11.6 Å². The van der Waals surface area contributed by atoms with Crippen LogP contribution in [0.2, 0.25) is 5.02 Å². The molecule has 0 atom stereocenters. The lowest BCUT2D eigenvalue weighted by molar-refractivity contribution is -0.125. The maximum Gasteiger partial charge on any atom is 0.259 e. The van der Waals surface area contributed by atoms with Crippen molar-refractivity contribution in [1.29, 1.82) is 0 Å². The van der Waals surface area contributed by atoms with E-state index in [1.54, 1.807) is 55.6 Å². The summed E-state index contributed by atoms with van der Waals surface area (Å²) in [6, 6.07) is 14.2. The van der Waals surface area contributed by atoms with Crippen molar-refractivity contribution < 1.29 is 14.3 Å². The fourth-order valence-electron chi connectivity index (χ4n) is 1.94. The first kappa shape index (κ1) is 18.5. The molecule has 0 radical (unpaired) electrons. The summed E-state index contributed by atoms with van der Waals surface area (Å²) in [6.07, 6.45) is 1.68. The number of ether oxygens (including phenoxy) is 1. The standard InChI is InChI=1S/C18H18ClN3O3/c1-25-16-8-4-13(5-9-16)10-17(23)20-12-18(24)22-21-11-14-2-6-15(19)7-3-14/h2-9,11H,10,12H2,1H3,(H,20,23)(H,22,24)/b21-11-. The second kappa shape index (κ2) is 9.44. The number of nitrogens with zero attached hydrogens (tertiary/aromatic N) is 1. The monoisotopic (exact) mass is 359 g/mol. The third-order valence-corrected chi connectivity index (χ3v) is 3.49. The van der Waals surface area contributed by atoms with Crippen LogP contribution in [0.1, 0.15) is 11.1 Å². The number of rotatable bonds is 7. The van der Waals surface area contributed by atoms with E-state index in [0.29, 0.717) is 5.02 Å². The van der Waals surface area contributed by atoms with E-state index in [1.165, 1.54) is 6.21 Å². The van der Waals surface area contributed by atoms with Crippen LogP contribution in [0.4, 0.5) is 0 Å². The maximum absolute atomic E-state index is 11.8.